The van der Waals surface area contributed by atoms with E-state index in [1.165, 1.54) is 83.5 Å². The van der Waals surface area contributed by atoms with Crippen LogP contribution in [0.4, 0.5) is 5.95 Å². The number of hydrogen-bond acceptors (Lipinski definition) is 3. The second kappa shape index (κ2) is 15.3. The summed E-state index contributed by atoms with van der Waals surface area (Å²) in [4.78, 5) is 9.35. The van der Waals surface area contributed by atoms with Crippen molar-refractivity contribution in [2.75, 3.05) is 0 Å². The average molecular weight is 462 g/mol. The monoisotopic (exact) mass is 461 g/mol. The van der Waals surface area contributed by atoms with Gasteiger partial charge in [-0.15, -0.1) is 0 Å². The first-order valence-corrected chi connectivity index (χ1v) is 13.6. The molecule has 1 N–H and O–H groups in total. The molecule has 0 saturated heterocycles. The molecule has 34 heavy (non-hydrogen) atoms. The van der Waals surface area contributed by atoms with Crippen LogP contribution in [0.25, 0.3) is 11.0 Å². The Balaban J connectivity index is 1.37. The third-order valence-electron chi connectivity index (χ3n) is 6.63. The van der Waals surface area contributed by atoms with Gasteiger partial charge in [0.15, 0.2) is 0 Å². The number of para-hydroxylation sites is 3. The molecule has 0 unspecified atom stereocenters. The van der Waals surface area contributed by atoms with Crippen LogP contribution in [0.5, 0.6) is 5.75 Å². The predicted octanol–water partition coefficient (Wildman–Crippen LogP) is 8.97. The van der Waals surface area contributed by atoms with Crippen LogP contribution in [0.15, 0.2) is 53.5 Å². The zero-order valence-corrected chi connectivity index (χ0v) is 21.1. The van der Waals surface area contributed by atoms with Gasteiger partial charge in [0.05, 0.1) is 11.0 Å². The van der Waals surface area contributed by atoms with Gasteiger partial charge >= 0.3 is 0 Å². The molecule has 3 rings (SSSR count). The second-order valence-corrected chi connectivity index (χ2v) is 9.47. The molecule has 0 spiro atoms. The standard InChI is InChI=1S/C30H43N3O/c1-2-3-4-5-6-7-8-9-10-11-12-13-14-19-24-33-28-22-17-16-21-27(28)32-30(33)31-25-26-20-15-18-23-29(26)34/h15-18,20-23,25,34H,2-14,19,24H2,1H3/b31-25+. The van der Waals surface area contributed by atoms with Crippen LogP contribution in [0, 0.1) is 0 Å². The summed E-state index contributed by atoms with van der Waals surface area (Å²) < 4.78 is 2.21. The minimum atomic E-state index is 0.237. The van der Waals surface area contributed by atoms with Crippen molar-refractivity contribution in [3.05, 3.63) is 54.1 Å². The molecular formula is C30H43N3O. The largest absolute Gasteiger partial charge is 0.507 e. The van der Waals surface area contributed by atoms with Crippen LogP contribution in [0.1, 0.15) is 102 Å². The third kappa shape index (κ3) is 8.62. The summed E-state index contributed by atoms with van der Waals surface area (Å²) in [6.07, 6.45) is 20.8. The maximum atomic E-state index is 10.0. The molecule has 0 bridgehead atoms. The van der Waals surface area contributed by atoms with E-state index in [2.05, 4.69) is 28.6 Å². The highest BCUT2D eigenvalue weighted by Gasteiger charge is 2.09. The number of phenolic OH excluding ortho intramolecular Hbond substituents is 1. The Hall–Kier alpha value is -2.62. The molecule has 0 fully saturated rings. The van der Waals surface area contributed by atoms with Gasteiger partial charge < -0.3 is 9.67 Å². The van der Waals surface area contributed by atoms with Crippen molar-refractivity contribution in [2.45, 2.75) is 103 Å². The van der Waals surface area contributed by atoms with Gasteiger partial charge in [0.2, 0.25) is 5.95 Å². The third-order valence-corrected chi connectivity index (χ3v) is 6.63. The number of unbranched alkanes of at least 4 members (excludes halogenated alkanes) is 13. The molecule has 4 heteroatoms. The van der Waals surface area contributed by atoms with E-state index < -0.39 is 0 Å². The van der Waals surface area contributed by atoms with E-state index in [0.29, 0.717) is 11.5 Å². The number of aryl methyl sites for hydroxylation is 1. The Kier molecular flexibility index (Phi) is 11.7. The Labute approximate surface area is 206 Å². The number of aromatic hydroxyl groups is 1. The molecule has 184 valence electrons. The maximum Gasteiger partial charge on any atom is 0.230 e. The number of rotatable bonds is 17. The lowest BCUT2D eigenvalue weighted by molar-refractivity contribution is 0.474. The summed E-state index contributed by atoms with van der Waals surface area (Å²) in [6, 6.07) is 15.5. The van der Waals surface area contributed by atoms with Crippen molar-refractivity contribution in [3.8, 4) is 5.75 Å². The molecule has 1 aromatic heterocycles. The van der Waals surface area contributed by atoms with Gasteiger partial charge in [-0.2, -0.15) is 0 Å². The van der Waals surface area contributed by atoms with E-state index >= 15 is 0 Å². The number of nitrogens with zero attached hydrogens (tertiary/aromatic N) is 3. The van der Waals surface area contributed by atoms with Crippen LogP contribution in [0.2, 0.25) is 0 Å². The number of imidazole rings is 1. The van der Waals surface area contributed by atoms with Crippen LogP contribution < -0.4 is 0 Å². The van der Waals surface area contributed by atoms with Crippen molar-refractivity contribution < 1.29 is 5.11 Å². The van der Waals surface area contributed by atoms with Crippen molar-refractivity contribution >= 4 is 23.2 Å². The number of phenols is 1. The molecule has 0 aliphatic rings. The normalized spacial score (nSPS) is 11.7. The summed E-state index contributed by atoms with van der Waals surface area (Å²) in [5.41, 5.74) is 2.80. The van der Waals surface area contributed by atoms with Crippen molar-refractivity contribution in [3.63, 3.8) is 0 Å². The SMILES string of the molecule is CCCCCCCCCCCCCCCCn1c(/N=C/c2ccccc2O)nc2ccccc21. The topological polar surface area (TPSA) is 50.4 Å². The zero-order valence-electron chi connectivity index (χ0n) is 21.1. The van der Waals surface area contributed by atoms with Crippen LogP contribution >= 0.6 is 0 Å². The molecular weight excluding hydrogens is 418 g/mol. The first kappa shape index (κ1) is 26.0. The molecule has 0 atom stereocenters. The van der Waals surface area contributed by atoms with Crippen molar-refractivity contribution in [1.29, 1.82) is 0 Å². The highest BCUT2D eigenvalue weighted by Crippen LogP contribution is 2.24. The van der Waals surface area contributed by atoms with E-state index in [1.54, 1.807) is 12.3 Å². The molecule has 0 radical (unpaired) electrons. The van der Waals surface area contributed by atoms with Crippen LogP contribution in [-0.4, -0.2) is 20.9 Å². The van der Waals surface area contributed by atoms with Gasteiger partial charge in [-0.05, 0) is 30.7 Å². The molecule has 2 aromatic carbocycles. The van der Waals surface area contributed by atoms with Gasteiger partial charge in [0, 0.05) is 18.3 Å². The average Bonchev–Trinajstić information content (AvgIpc) is 3.21. The Morgan fingerprint density at radius 2 is 1.29 bits per heavy atom. The molecule has 3 aromatic rings. The molecule has 0 saturated carbocycles. The Morgan fingerprint density at radius 1 is 0.735 bits per heavy atom. The zero-order chi connectivity index (χ0) is 23.8. The minimum Gasteiger partial charge on any atom is -0.507 e. The van der Waals surface area contributed by atoms with E-state index in [9.17, 15) is 5.11 Å². The lowest BCUT2D eigenvalue weighted by Crippen LogP contribution is -1.98. The number of aliphatic imine (C=N–C) groups is 1. The first-order chi connectivity index (χ1) is 16.8. The number of benzene rings is 2. The van der Waals surface area contributed by atoms with E-state index in [0.717, 1.165) is 24.0 Å². The fourth-order valence-electron chi connectivity index (χ4n) is 4.57. The molecule has 0 aliphatic carbocycles. The van der Waals surface area contributed by atoms with E-state index in [-0.39, 0.29) is 5.75 Å². The van der Waals surface area contributed by atoms with Gasteiger partial charge in [0.1, 0.15) is 5.75 Å². The fourth-order valence-corrected chi connectivity index (χ4v) is 4.57. The van der Waals surface area contributed by atoms with Gasteiger partial charge in [-0.25, -0.2) is 9.98 Å². The molecule has 1 heterocycles. The van der Waals surface area contributed by atoms with E-state index in [1.807, 2.05) is 30.3 Å². The van der Waals surface area contributed by atoms with Gasteiger partial charge in [-0.3, -0.25) is 0 Å². The number of fused-ring (bicyclic) bond motifs is 1. The van der Waals surface area contributed by atoms with Gasteiger partial charge in [0.25, 0.3) is 0 Å². The lowest BCUT2D eigenvalue weighted by Gasteiger charge is -2.07. The first-order valence-electron chi connectivity index (χ1n) is 13.6. The Bertz CT molecular complexity index is 992. The van der Waals surface area contributed by atoms with Crippen molar-refractivity contribution in [2.24, 2.45) is 4.99 Å². The summed E-state index contributed by atoms with van der Waals surface area (Å²) in [5, 5.41) is 10.0. The van der Waals surface area contributed by atoms with E-state index in [4.69, 9.17) is 4.98 Å². The summed E-state index contributed by atoms with van der Waals surface area (Å²) in [7, 11) is 0. The highest BCUT2D eigenvalue weighted by atomic mass is 16.3. The fraction of sp³-hybridized carbons (Fsp3) is 0.533. The number of hydrogen-bond donors (Lipinski definition) is 1. The summed E-state index contributed by atoms with van der Waals surface area (Å²) in [5.74, 6) is 0.944. The second-order valence-electron chi connectivity index (χ2n) is 9.47. The molecule has 4 nitrogen and oxygen atoms in total. The predicted molar refractivity (Wildman–Crippen MR) is 145 cm³/mol. The number of aromatic nitrogens is 2. The molecule has 0 amide bonds. The minimum absolute atomic E-state index is 0.237. The Morgan fingerprint density at radius 3 is 1.94 bits per heavy atom. The highest BCUT2D eigenvalue weighted by molar-refractivity contribution is 5.86. The lowest BCUT2D eigenvalue weighted by atomic mass is 10.0. The van der Waals surface area contributed by atoms with Gasteiger partial charge in [-0.1, -0.05) is 115 Å². The smallest absolute Gasteiger partial charge is 0.230 e. The van der Waals surface area contributed by atoms with Crippen LogP contribution in [0.3, 0.4) is 0 Å². The van der Waals surface area contributed by atoms with Crippen molar-refractivity contribution in [1.82, 2.24) is 9.55 Å². The van der Waals surface area contributed by atoms with Crippen LogP contribution in [-0.2, 0) is 6.54 Å². The summed E-state index contributed by atoms with van der Waals surface area (Å²) in [6.45, 7) is 3.21. The summed E-state index contributed by atoms with van der Waals surface area (Å²) >= 11 is 0. The molecule has 0 aliphatic heterocycles. The quantitative estimate of drug-likeness (QED) is 0.161. The maximum absolute atomic E-state index is 10.0.